The second kappa shape index (κ2) is 10.8. The molecular formula is C13H19F3N3O15P3. The highest BCUT2D eigenvalue weighted by molar-refractivity contribution is 7.66. The summed E-state index contributed by atoms with van der Waals surface area (Å²) in [6.45, 7) is -1.48. The maximum Gasteiger partial charge on any atom is 0.490 e. The van der Waals surface area contributed by atoms with Crippen LogP contribution in [0.1, 0.15) is 18.2 Å². The third kappa shape index (κ3) is 8.64. The Kier molecular flexibility index (Phi) is 9.19. The summed E-state index contributed by atoms with van der Waals surface area (Å²) in [5.74, 6) is -2.54. The van der Waals surface area contributed by atoms with Crippen LogP contribution in [0.3, 0.4) is 0 Å². The second-order valence-electron chi connectivity index (χ2n) is 7.41. The molecule has 3 unspecified atom stereocenters. The predicted molar refractivity (Wildman–Crippen MR) is 108 cm³/mol. The van der Waals surface area contributed by atoms with Gasteiger partial charge in [0.15, 0.2) is 0 Å². The van der Waals surface area contributed by atoms with Gasteiger partial charge in [0.1, 0.15) is 11.8 Å². The number of hydrogen-bond acceptors (Lipinski definition) is 11. The first-order valence-corrected chi connectivity index (χ1v) is 13.9. The average Bonchev–Trinajstić information content (AvgIpc) is 3.00. The number of nitrogens with zero attached hydrogens (tertiary/aromatic N) is 1. The lowest BCUT2D eigenvalue weighted by molar-refractivity contribution is -0.177. The molecule has 0 bridgehead atoms. The average molecular weight is 607 g/mol. The van der Waals surface area contributed by atoms with Crippen LogP contribution in [-0.2, 0) is 36.4 Å². The standard InChI is InChI=1S/C13H19F3N3O15P3/c1-6-3-19(11(23)18-9(6)21)8-2-7(20)12(32-8,4-17-10(22)13(14,15)16)5-31-36(27,28)34-37(29,30)33-35(24,25)26/h3,7-8,20H,2,4-5H2,1H3,(H,17,22)(H,27,28)(H,29,30)(H,18,21,23)(H2,24,25,26)/t7?,8-,12-/m1/s1. The van der Waals surface area contributed by atoms with E-state index in [-0.39, 0.29) is 5.56 Å². The predicted octanol–water partition coefficient (Wildman–Crippen LogP) is -1.11. The number of aromatic amines is 1. The minimum absolute atomic E-state index is 0.0335. The minimum Gasteiger partial charge on any atom is -0.390 e. The van der Waals surface area contributed by atoms with Gasteiger partial charge in [-0.05, 0) is 6.92 Å². The molecule has 5 atom stereocenters. The Labute approximate surface area is 202 Å². The Hall–Kier alpha value is -1.73. The fourth-order valence-electron chi connectivity index (χ4n) is 2.94. The molecule has 0 aliphatic carbocycles. The highest BCUT2D eigenvalue weighted by Gasteiger charge is 2.53. The number of nitrogens with one attached hydrogen (secondary N) is 2. The summed E-state index contributed by atoms with van der Waals surface area (Å²) >= 11 is 0. The van der Waals surface area contributed by atoms with Crippen LogP contribution in [0.4, 0.5) is 13.2 Å². The maximum absolute atomic E-state index is 12.7. The summed E-state index contributed by atoms with van der Waals surface area (Å²) in [7, 11) is -17.5. The van der Waals surface area contributed by atoms with Gasteiger partial charge in [0, 0.05) is 18.2 Å². The van der Waals surface area contributed by atoms with Crippen molar-refractivity contribution >= 4 is 29.4 Å². The number of aryl methyl sites for hydroxylation is 1. The third-order valence-electron chi connectivity index (χ3n) is 4.55. The lowest BCUT2D eigenvalue weighted by Gasteiger charge is -2.32. The smallest absolute Gasteiger partial charge is 0.390 e. The molecule has 7 N–H and O–H groups in total. The van der Waals surface area contributed by atoms with E-state index in [2.05, 4.69) is 13.1 Å². The van der Waals surface area contributed by atoms with E-state index in [1.165, 1.54) is 12.2 Å². The first-order valence-electron chi connectivity index (χ1n) is 9.37. The third-order valence-corrected chi connectivity index (χ3v) is 8.34. The molecule has 0 spiro atoms. The van der Waals surface area contributed by atoms with E-state index in [1.807, 2.05) is 4.98 Å². The molecule has 37 heavy (non-hydrogen) atoms. The molecule has 0 saturated carbocycles. The van der Waals surface area contributed by atoms with Crippen molar-refractivity contribution in [1.29, 1.82) is 0 Å². The first kappa shape index (κ1) is 31.5. The largest absolute Gasteiger partial charge is 0.490 e. The number of H-pyrrole nitrogens is 1. The minimum atomic E-state index is -5.97. The number of amides is 1. The number of aliphatic hydroxyl groups excluding tert-OH is 1. The van der Waals surface area contributed by atoms with Crippen LogP contribution < -0.4 is 16.6 Å². The number of phosphoric ester groups is 1. The number of halogens is 3. The highest BCUT2D eigenvalue weighted by atomic mass is 31.3. The number of carbonyl (C=O) groups is 1. The first-order chi connectivity index (χ1) is 16.6. The molecular weight excluding hydrogens is 588 g/mol. The van der Waals surface area contributed by atoms with Gasteiger partial charge in [-0.15, -0.1) is 0 Å². The van der Waals surface area contributed by atoms with Gasteiger partial charge in [-0.3, -0.25) is 23.7 Å². The van der Waals surface area contributed by atoms with Gasteiger partial charge in [0.2, 0.25) is 0 Å². The normalized spacial score (nSPS) is 25.9. The second-order valence-corrected chi connectivity index (χ2v) is 11.8. The van der Waals surface area contributed by atoms with Crippen molar-refractivity contribution in [3.05, 3.63) is 32.6 Å². The molecule has 2 heterocycles. The molecule has 1 aromatic rings. The molecule has 1 saturated heterocycles. The molecule has 2 rings (SSSR count). The van der Waals surface area contributed by atoms with Crippen molar-refractivity contribution in [1.82, 2.24) is 14.9 Å². The topological polar surface area (TPSA) is 273 Å². The van der Waals surface area contributed by atoms with E-state index >= 15 is 0 Å². The van der Waals surface area contributed by atoms with Crippen molar-refractivity contribution in [2.45, 2.75) is 37.5 Å². The number of carbonyl (C=O) groups excluding carboxylic acids is 1. The Morgan fingerprint density at radius 1 is 1.22 bits per heavy atom. The van der Waals surface area contributed by atoms with E-state index in [0.29, 0.717) is 4.57 Å². The molecule has 1 amide bonds. The molecule has 1 aliphatic heterocycles. The fourth-order valence-corrected chi connectivity index (χ4v) is 6.01. The lowest BCUT2D eigenvalue weighted by atomic mass is 9.97. The van der Waals surface area contributed by atoms with Crippen LogP contribution >= 0.6 is 23.5 Å². The van der Waals surface area contributed by atoms with E-state index in [4.69, 9.17) is 14.5 Å². The molecule has 1 aliphatic rings. The molecule has 18 nitrogen and oxygen atoms in total. The van der Waals surface area contributed by atoms with E-state index in [0.717, 1.165) is 6.20 Å². The molecule has 212 valence electrons. The summed E-state index contributed by atoms with van der Waals surface area (Å²) in [5.41, 5.74) is -4.47. The van der Waals surface area contributed by atoms with Crippen molar-refractivity contribution in [3.8, 4) is 0 Å². The highest BCUT2D eigenvalue weighted by Crippen LogP contribution is 2.66. The fraction of sp³-hybridized carbons (Fsp3) is 0.615. The number of rotatable bonds is 10. The van der Waals surface area contributed by atoms with E-state index in [9.17, 15) is 56.1 Å². The Bertz CT molecular complexity index is 1290. The Morgan fingerprint density at radius 2 is 1.81 bits per heavy atom. The lowest BCUT2D eigenvalue weighted by Crippen LogP contribution is -2.54. The summed E-state index contributed by atoms with van der Waals surface area (Å²) in [5, 5.41) is 11.9. The van der Waals surface area contributed by atoms with Gasteiger partial charge < -0.3 is 34.7 Å². The summed E-state index contributed by atoms with van der Waals surface area (Å²) in [6.07, 6.45) is -8.59. The number of ether oxygens (including phenoxy) is 1. The van der Waals surface area contributed by atoms with Gasteiger partial charge >= 0.3 is 41.2 Å². The molecule has 1 fully saturated rings. The van der Waals surface area contributed by atoms with Crippen LogP contribution in [0.5, 0.6) is 0 Å². The quantitative estimate of drug-likeness (QED) is 0.155. The zero-order valence-electron chi connectivity index (χ0n) is 18.1. The number of hydrogen-bond donors (Lipinski definition) is 7. The van der Waals surface area contributed by atoms with E-state index in [1.54, 1.807) is 0 Å². The Morgan fingerprint density at radius 3 is 2.35 bits per heavy atom. The van der Waals surface area contributed by atoms with Gasteiger partial charge in [0.05, 0.1) is 19.3 Å². The number of alkyl halides is 3. The zero-order chi connectivity index (χ0) is 28.6. The number of aromatic nitrogens is 2. The van der Waals surface area contributed by atoms with Gasteiger partial charge in [-0.25, -0.2) is 18.5 Å². The van der Waals surface area contributed by atoms with Crippen molar-refractivity contribution in [3.63, 3.8) is 0 Å². The summed E-state index contributed by atoms with van der Waals surface area (Å²) < 4.78 is 89.7. The van der Waals surface area contributed by atoms with Gasteiger partial charge in [-0.1, -0.05) is 0 Å². The SMILES string of the molecule is Cc1cn([C@H]2CC(O)[C@@](CNC(=O)C(F)(F)F)(COP(=O)(O)OP(=O)(O)OP(=O)(O)O)O2)c(=O)[nH]c1=O. The van der Waals surface area contributed by atoms with Gasteiger partial charge in [-0.2, -0.15) is 21.8 Å². The maximum atomic E-state index is 12.7. The van der Waals surface area contributed by atoms with Crippen molar-refractivity contribution in [2.75, 3.05) is 13.2 Å². The molecule has 24 heteroatoms. The van der Waals surface area contributed by atoms with Crippen LogP contribution in [0, 0.1) is 6.92 Å². The van der Waals surface area contributed by atoms with Crippen molar-refractivity contribution in [2.24, 2.45) is 0 Å². The van der Waals surface area contributed by atoms with Crippen LogP contribution in [0.2, 0.25) is 0 Å². The summed E-state index contributed by atoms with van der Waals surface area (Å²) in [6, 6.07) is 0. The summed E-state index contributed by atoms with van der Waals surface area (Å²) in [4.78, 5) is 72.8. The number of phosphoric acid groups is 3. The van der Waals surface area contributed by atoms with Crippen LogP contribution in [-0.4, -0.2) is 71.2 Å². The van der Waals surface area contributed by atoms with E-state index < -0.39 is 84.3 Å². The van der Waals surface area contributed by atoms with Crippen molar-refractivity contribution < 1.29 is 74.2 Å². The van der Waals surface area contributed by atoms with Crippen LogP contribution in [0.15, 0.2) is 15.8 Å². The molecule has 1 aromatic heterocycles. The molecule has 0 aromatic carbocycles. The van der Waals surface area contributed by atoms with Crippen LogP contribution in [0.25, 0.3) is 0 Å². The molecule has 0 radical (unpaired) electrons. The van der Waals surface area contributed by atoms with Gasteiger partial charge in [0.25, 0.3) is 5.56 Å². The zero-order valence-corrected chi connectivity index (χ0v) is 20.8. The Balaban J connectivity index is 2.34. The number of aliphatic hydroxyl groups is 1. The monoisotopic (exact) mass is 607 g/mol.